The van der Waals surface area contributed by atoms with E-state index in [2.05, 4.69) is 10.4 Å². The SMILES string of the molecule is NNC(=O)[C@@H]1CCCN(c2c(-c3ccccc3)c3cc(Cl)ccc3[nH]c2=O)C1. The predicted octanol–water partition coefficient (Wildman–Crippen LogP) is 3.05. The number of carbonyl (C=O) groups is 1. The van der Waals surface area contributed by atoms with Gasteiger partial charge in [-0.2, -0.15) is 0 Å². The van der Waals surface area contributed by atoms with Crippen LogP contribution in [0.1, 0.15) is 12.8 Å². The molecule has 2 heterocycles. The van der Waals surface area contributed by atoms with E-state index in [9.17, 15) is 9.59 Å². The Morgan fingerprint density at radius 1 is 1.21 bits per heavy atom. The van der Waals surface area contributed by atoms with E-state index in [4.69, 9.17) is 17.4 Å². The fourth-order valence-corrected chi connectivity index (χ4v) is 4.14. The van der Waals surface area contributed by atoms with Crippen molar-refractivity contribution in [1.82, 2.24) is 10.4 Å². The third kappa shape index (κ3) is 3.37. The molecule has 1 saturated heterocycles. The second-order valence-corrected chi connectivity index (χ2v) is 7.46. The minimum atomic E-state index is -0.253. The van der Waals surface area contributed by atoms with Gasteiger partial charge in [0.1, 0.15) is 5.69 Å². The monoisotopic (exact) mass is 396 g/mol. The predicted molar refractivity (Wildman–Crippen MR) is 112 cm³/mol. The number of carbonyl (C=O) groups excluding carboxylic acids is 1. The number of aromatic amines is 1. The lowest BCUT2D eigenvalue weighted by molar-refractivity contribution is -0.125. The maximum atomic E-state index is 13.1. The van der Waals surface area contributed by atoms with Crippen LogP contribution in [0.2, 0.25) is 5.02 Å². The first-order valence-electron chi connectivity index (χ1n) is 9.25. The number of halogens is 1. The Kier molecular flexibility index (Phi) is 5.07. The van der Waals surface area contributed by atoms with Gasteiger partial charge in [-0.3, -0.25) is 15.0 Å². The summed E-state index contributed by atoms with van der Waals surface area (Å²) in [4.78, 5) is 30.1. The molecule has 144 valence electrons. The van der Waals surface area contributed by atoms with Crippen LogP contribution in [-0.2, 0) is 4.79 Å². The number of nitrogens with zero attached hydrogens (tertiary/aromatic N) is 1. The number of fused-ring (bicyclic) bond motifs is 1. The largest absolute Gasteiger partial charge is 0.366 e. The standard InChI is InChI=1S/C21H21ClN4O2/c22-15-8-9-17-16(11-15)18(13-5-2-1-3-6-13)19(21(28)24-17)26-10-4-7-14(12-26)20(27)25-23/h1-3,5-6,8-9,11,14H,4,7,10,12,23H2,(H,24,28)(H,25,27)/t14-/m1/s1. The highest BCUT2D eigenvalue weighted by atomic mass is 35.5. The number of benzene rings is 2. The van der Waals surface area contributed by atoms with Crippen molar-refractivity contribution < 1.29 is 4.79 Å². The van der Waals surface area contributed by atoms with Crippen LogP contribution in [0.3, 0.4) is 0 Å². The summed E-state index contributed by atoms with van der Waals surface area (Å²) in [6.07, 6.45) is 1.55. The van der Waals surface area contributed by atoms with Gasteiger partial charge in [0.25, 0.3) is 5.56 Å². The number of hydrazine groups is 1. The highest BCUT2D eigenvalue weighted by molar-refractivity contribution is 6.31. The number of H-pyrrole nitrogens is 1. The molecule has 2 aromatic carbocycles. The molecular weight excluding hydrogens is 376 g/mol. The molecule has 4 N–H and O–H groups in total. The number of hydrogen-bond donors (Lipinski definition) is 3. The van der Waals surface area contributed by atoms with E-state index in [-0.39, 0.29) is 17.4 Å². The second kappa shape index (κ2) is 7.66. The highest BCUT2D eigenvalue weighted by Gasteiger charge is 2.29. The number of aromatic nitrogens is 1. The third-order valence-corrected chi connectivity index (χ3v) is 5.50. The lowest BCUT2D eigenvalue weighted by Crippen LogP contribution is -2.46. The summed E-state index contributed by atoms with van der Waals surface area (Å²) in [5.41, 5.74) is 5.11. The molecule has 1 fully saturated rings. The van der Waals surface area contributed by atoms with Crippen LogP contribution in [0.5, 0.6) is 0 Å². The van der Waals surface area contributed by atoms with E-state index in [0.29, 0.717) is 23.8 Å². The van der Waals surface area contributed by atoms with Gasteiger partial charge in [0.15, 0.2) is 0 Å². The number of rotatable bonds is 3. The summed E-state index contributed by atoms with van der Waals surface area (Å²) in [6.45, 7) is 1.14. The van der Waals surface area contributed by atoms with Crippen molar-refractivity contribution in [1.29, 1.82) is 0 Å². The molecule has 0 radical (unpaired) electrons. The van der Waals surface area contributed by atoms with E-state index < -0.39 is 0 Å². The van der Waals surface area contributed by atoms with Crippen molar-refractivity contribution in [3.8, 4) is 11.1 Å². The zero-order valence-corrected chi connectivity index (χ0v) is 16.0. The van der Waals surface area contributed by atoms with Crippen LogP contribution < -0.4 is 21.7 Å². The van der Waals surface area contributed by atoms with Crippen LogP contribution in [0.4, 0.5) is 5.69 Å². The van der Waals surface area contributed by atoms with Gasteiger partial charge in [-0.15, -0.1) is 0 Å². The van der Waals surface area contributed by atoms with Gasteiger partial charge < -0.3 is 9.88 Å². The van der Waals surface area contributed by atoms with Crippen molar-refractivity contribution in [2.24, 2.45) is 11.8 Å². The Balaban J connectivity index is 1.94. The molecule has 0 aliphatic carbocycles. The molecule has 0 saturated carbocycles. The summed E-state index contributed by atoms with van der Waals surface area (Å²) < 4.78 is 0. The zero-order valence-electron chi connectivity index (χ0n) is 15.2. The van der Waals surface area contributed by atoms with Gasteiger partial charge in [-0.25, -0.2) is 5.84 Å². The summed E-state index contributed by atoms with van der Waals surface area (Å²) in [6, 6.07) is 15.2. The van der Waals surface area contributed by atoms with Crippen LogP contribution in [0.25, 0.3) is 22.0 Å². The van der Waals surface area contributed by atoms with Gasteiger partial charge in [-0.1, -0.05) is 41.9 Å². The fourth-order valence-electron chi connectivity index (χ4n) is 3.97. The molecule has 6 nitrogen and oxygen atoms in total. The van der Waals surface area contributed by atoms with Crippen molar-refractivity contribution in [2.45, 2.75) is 12.8 Å². The summed E-state index contributed by atoms with van der Waals surface area (Å²) in [7, 11) is 0. The fraction of sp³-hybridized carbons (Fsp3) is 0.238. The van der Waals surface area contributed by atoms with Crippen LogP contribution >= 0.6 is 11.6 Å². The Labute approximate surface area is 167 Å². The van der Waals surface area contributed by atoms with Crippen molar-refractivity contribution in [3.05, 3.63) is 63.9 Å². The number of piperidine rings is 1. The summed E-state index contributed by atoms with van der Waals surface area (Å²) in [5.74, 6) is 4.87. The van der Waals surface area contributed by atoms with E-state index in [0.717, 1.165) is 34.9 Å². The molecule has 7 heteroatoms. The molecule has 28 heavy (non-hydrogen) atoms. The Morgan fingerprint density at radius 2 is 2.00 bits per heavy atom. The minimum Gasteiger partial charge on any atom is -0.366 e. The van der Waals surface area contributed by atoms with Crippen molar-refractivity contribution in [2.75, 3.05) is 18.0 Å². The third-order valence-electron chi connectivity index (χ3n) is 5.26. The molecule has 3 aromatic rings. The van der Waals surface area contributed by atoms with Crippen molar-refractivity contribution in [3.63, 3.8) is 0 Å². The normalized spacial score (nSPS) is 16.9. The topological polar surface area (TPSA) is 91.2 Å². The van der Waals surface area contributed by atoms with Crippen LogP contribution in [0.15, 0.2) is 53.3 Å². The number of amides is 1. The molecule has 1 amide bonds. The van der Waals surface area contributed by atoms with Gasteiger partial charge in [-0.05, 0) is 36.6 Å². The smallest absolute Gasteiger partial charge is 0.272 e. The van der Waals surface area contributed by atoms with Gasteiger partial charge >= 0.3 is 0 Å². The molecule has 1 aliphatic rings. The maximum Gasteiger partial charge on any atom is 0.272 e. The highest BCUT2D eigenvalue weighted by Crippen LogP contribution is 2.36. The van der Waals surface area contributed by atoms with Gasteiger partial charge in [0, 0.05) is 34.6 Å². The molecule has 1 atom stereocenters. The average molecular weight is 397 g/mol. The van der Waals surface area contributed by atoms with E-state index >= 15 is 0 Å². The lowest BCUT2D eigenvalue weighted by Gasteiger charge is -2.34. The Bertz CT molecular complexity index is 1080. The van der Waals surface area contributed by atoms with Crippen LogP contribution in [-0.4, -0.2) is 24.0 Å². The first-order valence-corrected chi connectivity index (χ1v) is 9.62. The lowest BCUT2D eigenvalue weighted by atomic mass is 9.94. The van der Waals surface area contributed by atoms with E-state index in [1.807, 2.05) is 47.4 Å². The first-order chi connectivity index (χ1) is 13.6. The maximum absolute atomic E-state index is 13.1. The van der Waals surface area contributed by atoms with Gasteiger partial charge in [0.05, 0.1) is 5.92 Å². The molecule has 4 rings (SSSR count). The summed E-state index contributed by atoms with van der Waals surface area (Å²) >= 11 is 6.27. The minimum absolute atomic E-state index is 0.178. The number of nitrogens with one attached hydrogen (secondary N) is 2. The Hall–Kier alpha value is -2.83. The zero-order chi connectivity index (χ0) is 19.7. The van der Waals surface area contributed by atoms with Gasteiger partial charge in [0.2, 0.25) is 5.91 Å². The number of anilines is 1. The average Bonchev–Trinajstić information content (AvgIpc) is 2.73. The van der Waals surface area contributed by atoms with E-state index in [1.54, 1.807) is 6.07 Å². The second-order valence-electron chi connectivity index (χ2n) is 7.03. The molecular formula is C21H21ClN4O2. The Morgan fingerprint density at radius 3 is 2.75 bits per heavy atom. The molecule has 0 bridgehead atoms. The molecule has 0 unspecified atom stereocenters. The molecule has 0 spiro atoms. The quantitative estimate of drug-likeness (QED) is 0.360. The van der Waals surface area contributed by atoms with Crippen LogP contribution in [0, 0.1) is 5.92 Å². The van der Waals surface area contributed by atoms with E-state index in [1.165, 1.54) is 0 Å². The van der Waals surface area contributed by atoms with Crippen molar-refractivity contribution >= 4 is 34.1 Å². The first kappa shape index (κ1) is 18.5. The summed E-state index contributed by atoms with van der Waals surface area (Å²) in [5, 5.41) is 1.47. The molecule has 1 aliphatic heterocycles. The number of nitrogens with two attached hydrogens (primary N) is 1. The molecule has 1 aromatic heterocycles. The number of pyridine rings is 1. The number of hydrogen-bond acceptors (Lipinski definition) is 4.